The molecule has 118 valence electrons. The number of likely N-dealkylation sites (tertiary alicyclic amines) is 1. The van der Waals surface area contributed by atoms with Gasteiger partial charge in [-0.25, -0.2) is 8.42 Å². The highest BCUT2D eigenvalue weighted by atomic mass is 35.5. The highest BCUT2D eigenvalue weighted by Gasteiger charge is 2.32. The molecule has 1 aliphatic heterocycles. The predicted molar refractivity (Wildman–Crippen MR) is 84.5 cm³/mol. The van der Waals surface area contributed by atoms with Crippen LogP contribution in [-0.4, -0.2) is 44.6 Å². The Kier molecular flexibility index (Phi) is 5.78. The van der Waals surface area contributed by atoms with Gasteiger partial charge in [-0.2, -0.15) is 0 Å². The van der Waals surface area contributed by atoms with Crippen LogP contribution < -0.4 is 5.73 Å². The van der Waals surface area contributed by atoms with Gasteiger partial charge < -0.3 is 10.6 Å². The fourth-order valence-electron chi connectivity index (χ4n) is 2.62. The van der Waals surface area contributed by atoms with E-state index in [9.17, 15) is 13.2 Å². The average molecular weight is 333 g/mol. The highest BCUT2D eigenvalue weighted by Crippen LogP contribution is 2.24. The van der Waals surface area contributed by atoms with Crippen molar-refractivity contribution in [2.45, 2.75) is 24.3 Å². The van der Waals surface area contributed by atoms with Crippen LogP contribution in [0.3, 0.4) is 0 Å². The zero-order chi connectivity index (χ0) is 14.9. The number of nitrogens with zero attached hydrogens (tertiary/aromatic N) is 1. The van der Waals surface area contributed by atoms with Crippen molar-refractivity contribution in [3.05, 3.63) is 29.8 Å². The first-order valence-electron chi connectivity index (χ1n) is 6.64. The summed E-state index contributed by atoms with van der Waals surface area (Å²) in [6.07, 6.45) is 2.04. The van der Waals surface area contributed by atoms with Crippen molar-refractivity contribution in [3.8, 4) is 0 Å². The van der Waals surface area contributed by atoms with Crippen molar-refractivity contribution in [2.24, 2.45) is 11.7 Å². The second-order valence-corrected chi connectivity index (χ2v) is 7.46. The van der Waals surface area contributed by atoms with Gasteiger partial charge in [0.05, 0.1) is 4.90 Å². The van der Waals surface area contributed by atoms with Crippen molar-refractivity contribution in [3.63, 3.8) is 0 Å². The second kappa shape index (κ2) is 6.77. The van der Waals surface area contributed by atoms with E-state index in [1.165, 1.54) is 12.1 Å². The number of rotatable bonds is 3. The van der Waals surface area contributed by atoms with Gasteiger partial charge in [0.2, 0.25) is 0 Å². The Bertz CT molecular complexity index is 618. The summed E-state index contributed by atoms with van der Waals surface area (Å²) in [5.74, 6) is 0.200. The van der Waals surface area contributed by atoms with Crippen LogP contribution in [0, 0.1) is 5.92 Å². The van der Waals surface area contributed by atoms with E-state index in [0.717, 1.165) is 12.7 Å². The number of nitrogens with two attached hydrogens (primary N) is 1. The van der Waals surface area contributed by atoms with E-state index in [1.807, 2.05) is 6.92 Å². The molecule has 0 radical (unpaired) electrons. The van der Waals surface area contributed by atoms with Crippen LogP contribution in [0.1, 0.15) is 23.7 Å². The van der Waals surface area contributed by atoms with Gasteiger partial charge in [-0.3, -0.25) is 4.79 Å². The summed E-state index contributed by atoms with van der Waals surface area (Å²) < 4.78 is 23.1. The van der Waals surface area contributed by atoms with Crippen molar-refractivity contribution in [1.82, 2.24) is 4.90 Å². The molecule has 7 heteroatoms. The molecule has 2 rings (SSSR count). The third kappa shape index (κ3) is 3.96. The van der Waals surface area contributed by atoms with Gasteiger partial charge >= 0.3 is 0 Å². The maximum Gasteiger partial charge on any atom is 0.254 e. The molecule has 1 aromatic carbocycles. The molecule has 1 saturated heterocycles. The molecule has 0 spiro atoms. The van der Waals surface area contributed by atoms with Gasteiger partial charge in [0.1, 0.15) is 0 Å². The number of amides is 1. The summed E-state index contributed by atoms with van der Waals surface area (Å²) >= 11 is 0. The lowest BCUT2D eigenvalue weighted by molar-refractivity contribution is 0.0743. The molecular formula is C14H21ClN2O3S. The molecule has 21 heavy (non-hydrogen) atoms. The molecule has 2 unspecified atom stereocenters. The summed E-state index contributed by atoms with van der Waals surface area (Å²) in [4.78, 5) is 14.4. The fourth-order valence-corrected chi connectivity index (χ4v) is 3.29. The van der Waals surface area contributed by atoms with Crippen LogP contribution >= 0.6 is 12.4 Å². The van der Waals surface area contributed by atoms with Crippen LogP contribution in [0.25, 0.3) is 0 Å². The lowest BCUT2D eigenvalue weighted by Gasteiger charge is -2.21. The first kappa shape index (κ1) is 17.9. The lowest BCUT2D eigenvalue weighted by atomic mass is 10.1. The Labute approximate surface area is 131 Å². The first-order chi connectivity index (χ1) is 9.32. The molecule has 1 aromatic rings. The van der Waals surface area contributed by atoms with E-state index in [1.54, 1.807) is 17.0 Å². The van der Waals surface area contributed by atoms with E-state index in [4.69, 9.17) is 5.73 Å². The molecule has 0 saturated carbocycles. The number of hydrogen-bond acceptors (Lipinski definition) is 4. The average Bonchev–Trinajstić information content (AvgIpc) is 2.78. The predicted octanol–water partition coefficient (Wildman–Crippen LogP) is 1.32. The zero-order valence-corrected chi connectivity index (χ0v) is 13.8. The smallest absolute Gasteiger partial charge is 0.254 e. The minimum Gasteiger partial charge on any atom is -0.336 e. The number of hydrogen-bond donors (Lipinski definition) is 1. The first-order valence-corrected chi connectivity index (χ1v) is 8.53. The van der Waals surface area contributed by atoms with Gasteiger partial charge in [0.15, 0.2) is 9.84 Å². The van der Waals surface area contributed by atoms with Crippen molar-refractivity contribution < 1.29 is 13.2 Å². The summed E-state index contributed by atoms with van der Waals surface area (Å²) in [5.41, 5.74) is 6.08. The maximum absolute atomic E-state index is 12.5. The van der Waals surface area contributed by atoms with Gasteiger partial charge in [-0.1, -0.05) is 6.07 Å². The van der Waals surface area contributed by atoms with Crippen LogP contribution in [0.4, 0.5) is 0 Å². The fraction of sp³-hybridized carbons (Fsp3) is 0.500. The van der Waals surface area contributed by atoms with Crippen molar-refractivity contribution in [1.29, 1.82) is 0 Å². The monoisotopic (exact) mass is 332 g/mol. The normalized spacial score (nSPS) is 22.0. The van der Waals surface area contributed by atoms with Gasteiger partial charge in [0, 0.05) is 24.4 Å². The Hall–Kier alpha value is -1.11. The quantitative estimate of drug-likeness (QED) is 0.905. The molecule has 0 aromatic heterocycles. The molecule has 0 bridgehead atoms. The summed E-state index contributed by atoms with van der Waals surface area (Å²) in [6, 6.07) is 6.34. The topological polar surface area (TPSA) is 80.5 Å². The molecule has 1 amide bonds. The third-order valence-electron chi connectivity index (χ3n) is 3.76. The Morgan fingerprint density at radius 2 is 2.10 bits per heavy atom. The van der Waals surface area contributed by atoms with E-state index in [-0.39, 0.29) is 29.3 Å². The summed E-state index contributed by atoms with van der Waals surface area (Å²) in [7, 11) is -3.30. The molecule has 1 aliphatic rings. The molecule has 0 aliphatic carbocycles. The number of carbonyl (C=O) groups is 1. The zero-order valence-electron chi connectivity index (χ0n) is 12.2. The third-order valence-corrected chi connectivity index (χ3v) is 4.87. The van der Waals surface area contributed by atoms with E-state index >= 15 is 0 Å². The molecule has 1 heterocycles. The molecule has 2 N–H and O–H groups in total. The number of benzene rings is 1. The van der Waals surface area contributed by atoms with E-state index in [2.05, 4.69) is 0 Å². The Balaban J connectivity index is 0.00000220. The van der Waals surface area contributed by atoms with Crippen LogP contribution in [-0.2, 0) is 9.84 Å². The summed E-state index contributed by atoms with van der Waals surface area (Å²) in [6.45, 7) is 3.20. The minimum atomic E-state index is -3.30. The second-order valence-electron chi connectivity index (χ2n) is 5.44. The van der Waals surface area contributed by atoms with Gasteiger partial charge in [-0.15, -0.1) is 12.4 Å². The summed E-state index contributed by atoms with van der Waals surface area (Å²) in [5, 5.41) is 0. The highest BCUT2D eigenvalue weighted by molar-refractivity contribution is 7.90. The molecule has 5 nitrogen and oxygen atoms in total. The Morgan fingerprint density at radius 3 is 2.62 bits per heavy atom. The van der Waals surface area contributed by atoms with E-state index < -0.39 is 9.84 Å². The van der Waals surface area contributed by atoms with Crippen molar-refractivity contribution in [2.75, 3.05) is 19.3 Å². The number of halogens is 1. The van der Waals surface area contributed by atoms with Crippen LogP contribution in [0.2, 0.25) is 0 Å². The number of sulfone groups is 1. The van der Waals surface area contributed by atoms with Crippen LogP contribution in [0.5, 0.6) is 0 Å². The Morgan fingerprint density at radius 1 is 1.43 bits per heavy atom. The SMILES string of the molecule is CC1CC(CN)CN1C(=O)c1cccc(S(C)(=O)=O)c1.Cl. The van der Waals surface area contributed by atoms with Crippen LogP contribution in [0.15, 0.2) is 29.2 Å². The minimum absolute atomic E-state index is 0. The largest absolute Gasteiger partial charge is 0.336 e. The van der Waals surface area contributed by atoms with Gasteiger partial charge in [-0.05, 0) is 44.0 Å². The maximum atomic E-state index is 12.5. The van der Waals surface area contributed by atoms with Crippen molar-refractivity contribution >= 4 is 28.2 Å². The number of carbonyl (C=O) groups excluding carboxylic acids is 1. The lowest BCUT2D eigenvalue weighted by Crippen LogP contribution is -2.34. The molecular weight excluding hydrogens is 312 g/mol. The van der Waals surface area contributed by atoms with E-state index in [0.29, 0.717) is 24.6 Å². The standard InChI is InChI=1S/C14H20N2O3S.ClH/c1-10-6-11(8-15)9-16(10)14(17)12-4-3-5-13(7-12)20(2,18)19;/h3-5,7,10-11H,6,8-9,15H2,1-2H3;1H. The molecule has 2 atom stereocenters. The molecule has 1 fully saturated rings. The van der Waals surface area contributed by atoms with Gasteiger partial charge in [0.25, 0.3) is 5.91 Å².